The summed E-state index contributed by atoms with van der Waals surface area (Å²) in [5.41, 5.74) is 1.12. The van der Waals surface area contributed by atoms with Crippen LogP contribution in [0.4, 0.5) is 0 Å². The summed E-state index contributed by atoms with van der Waals surface area (Å²) >= 11 is 6.01. The van der Waals surface area contributed by atoms with Crippen LogP contribution in [-0.2, 0) is 4.79 Å². The third-order valence-electron chi connectivity index (χ3n) is 3.05. The van der Waals surface area contributed by atoms with E-state index in [0.717, 1.165) is 30.0 Å². The summed E-state index contributed by atoms with van der Waals surface area (Å²) in [6.07, 6.45) is 1.86. The number of nitrogens with one attached hydrogen (secondary N) is 2. The zero-order chi connectivity index (χ0) is 14.3. The van der Waals surface area contributed by atoms with Gasteiger partial charge in [0, 0.05) is 17.6 Å². The average molecular weight is 283 g/mol. The van der Waals surface area contributed by atoms with Crippen LogP contribution in [0, 0.1) is 0 Å². The molecule has 0 fully saturated rings. The molecule has 0 heterocycles. The normalized spacial score (nSPS) is 13.9. The molecule has 4 heteroatoms. The molecule has 19 heavy (non-hydrogen) atoms. The molecule has 1 aromatic carbocycles. The lowest BCUT2D eigenvalue weighted by molar-refractivity contribution is -0.122. The molecule has 2 unspecified atom stereocenters. The number of benzene rings is 1. The number of carbonyl (C=O) groups is 1. The molecule has 0 bridgehead atoms. The molecule has 0 aliphatic heterocycles. The maximum absolute atomic E-state index is 11.9. The van der Waals surface area contributed by atoms with Gasteiger partial charge in [-0.2, -0.15) is 0 Å². The molecule has 3 nitrogen and oxygen atoms in total. The molecule has 1 aromatic rings. The van der Waals surface area contributed by atoms with Crippen molar-refractivity contribution in [3.05, 3.63) is 34.9 Å². The highest BCUT2D eigenvalue weighted by atomic mass is 35.5. The van der Waals surface area contributed by atoms with Crippen LogP contribution < -0.4 is 10.6 Å². The van der Waals surface area contributed by atoms with Gasteiger partial charge in [0.15, 0.2) is 0 Å². The van der Waals surface area contributed by atoms with E-state index in [9.17, 15) is 4.79 Å². The molecule has 0 aliphatic carbocycles. The predicted octanol–water partition coefficient (Wildman–Crippen LogP) is 3.30. The Hall–Kier alpha value is -1.06. The van der Waals surface area contributed by atoms with Crippen molar-refractivity contribution in [2.75, 3.05) is 6.54 Å². The van der Waals surface area contributed by atoms with Crippen molar-refractivity contribution in [3.8, 4) is 0 Å². The monoisotopic (exact) mass is 282 g/mol. The second kappa shape index (κ2) is 8.18. The highest BCUT2D eigenvalue weighted by molar-refractivity contribution is 6.30. The molecule has 106 valence electrons. The Morgan fingerprint density at radius 1 is 1.37 bits per heavy atom. The molecule has 0 aliphatic rings. The van der Waals surface area contributed by atoms with Crippen molar-refractivity contribution in [3.63, 3.8) is 0 Å². The Bertz CT molecular complexity index is 409. The minimum Gasteiger partial charge on any atom is -0.355 e. The summed E-state index contributed by atoms with van der Waals surface area (Å²) in [7, 11) is 0. The predicted molar refractivity (Wildman–Crippen MR) is 80.4 cm³/mol. The van der Waals surface area contributed by atoms with Gasteiger partial charge in [-0.15, -0.1) is 0 Å². The maximum Gasteiger partial charge on any atom is 0.236 e. The van der Waals surface area contributed by atoms with Gasteiger partial charge in [0.25, 0.3) is 0 Å². The molecule has 2 atom stereocenters. The van der Waals surface area contributed by atoms with Crippen molar-refractivity contribution in [1.82, 2.24) is 10.6 Å². The van der Waals surface area contributed by atoms with Gasteiger partial charge in [-0.05, 0) is 37.5 Å². The fourth-order valence-electron chi connectivity index (χ4n) is 1.95. The van der Waals surface area contributed by atoms with Crippen LogP contribution in [0.2, 0.25) is 5.02 Å². The topological polar surface area (TPSA) is 41.1 Å². The number of hydrogen-bond acceptors (Lipinski definition) is 2. The highest BCUT2D eigenvalue weighted by Crippen LogP contribution is 2.20. The van der Waals surface area contributed by atoms with Crippen LogP contribution in [0.15, 0.2) is 24.3 Å². The van der Waals surface area contributed by atoms with Gasteiger partial charge in [-0.25, -0.2) is 0 Å². The first-order chi connectivity index (χ1) is 9.08. The summed E-state index contributed by atoms with van der Waals surface area (Å²) in [5, 5.41) is 6.97. The van der Waals surface area contributed by atoms with Crippen LogP contribution >= 0.6 is 11.6 Å². The van der Waals surface area contributed by atoms with Gasteiger partial charge in [-0.1, -0.05) is 37.6 Å². The van der Waals surface area contributed by atoms with E-state index >= 15 is 0 Å². The van der Waals surface area contributed by atoms with Gasteiger partial charge in [0.05, 0.1) is 6.04 Å². The second-order valence-electron chi connectivity index (χ2n) is 4.70. The van der Waals surface area contributed by atoms with E-state index in [4.69, 9.17) is 11.6 Å². The Labute approximate surface area is 120 Å². The van der Waals surface area contributed by atoms with E-state index in [0.29, 0.717) is 0 Å². The lowest BCUT2D eigenvalue weighted by Gasteiger charge is -2.22. The van der Waals surface area contributed by atoms with Crippen LogP contribution in [0.5, 0.6) is 0 Å². The molecule has 1 amide bonds. The molecule has 0 saturated heterocycles. The van der Waals surface area contributed by atoms with Crippen LogP contribution in [-0.4, -0.2) is 18.5 Å². The fraction of sp³-hybridized carbons (Fsp3) is 0.533. The molecule has 0 spiro atoms. The molecule has 2 N–H and O–H groups in total. The number of rotatable bonds is 7. The highest BCUT2D eigenvalue weighted by Gasteiger charge is 2.17. The Morgan fingerprint density at radius 3 is 2.68 bits per heavy atom. The average Bonchev–Trinajstić information content (AvgIpc) is 2.41. The van der Waals surface area contributed by atoms with Gasteiger partial charge in [0.2, 0.25) is 5.91 Å². The maximum atomic E-state index is 11.9. The number of carbonyl (C=O) groups excluding carboxylic acids is 1. The summed E-state index contributed by atoms with van der Waals surface area (Å²) in [5.74, 6) is 0.0438. The zero-order valence-electron chi connectivity index (χ0n) is 11.9. The van der Waals surface area contributed by atoms with Gasteiger partial charge < -0.3 is 5.32 Å². The lowest BCUT2D eigenvalue weighted by Crippen LogP contribution is -2.43. The first kappa shape index (κ1) is 16.0. The van der Waals surface area contributed by atoms with E-state index in [-0.39, 0.29) is 18.0 Å². The van der Waals surface area contributed by atoms with E-state index in [1.165, 1.54) is 0 Å². The van der Waals surface area contributed by atoms with Gasteiger partial charge >= 0.3 is 0 Å². The minimum atomic E-state index is -0.213. The van der Waals surface area contributed by atoms with Crippen molar-refractivity contribution in [2.24, 2.45) is 0 Å². The van der Waals surface area contributed by atoms with Crippen LogP contribution in [0.3, 0.4) is 0 Å². The zero-order valence-corrected chi connectivity index (χ0v) is 12.6. The lowest BCUT2D eigenvalue weighted by atomic mass is 10.0. The number of amides is 1. The molecule has 0 aromatic heterocycles. The minimum absolute atomic E-state index is 0.0438. The van der Waals surface area contributed by atoms with Crippen molar-refractivity contribution >= 4 is 17.5 Å². The first-order valence-electron chi connectivity index (χ1n) is 6.87. The van der Waals surface area contributed by atoms with Crippen molar-refractivity contribution < 1.29 is 4.79 Å². The van der Waals surface area contributed by atoms with E-state index in [2.05, 4.69) is 17.6 Å². The van der Waals surface area contributed by atoms with Crippen LogP contribution in [0.1, 0.15) is 45.2 Å². The molecule has 0 radical (unpaired) electrons. The fourth-order valence-corrected chi connectivity index (χ4v) is 2.15. The largest absolute Gasteiger partial charge is 0.355 e. The van der Waals surface area contributed by atoms with Crippen LogP contribution in [0.25, 0.3) is 0 Å². The standard InChI is InChI=1S/C15H23ClN2O/c1-4-9-17-15(19)11(3)18-14(5-2)12-7-6-8-13(16)10-12/h6-8,10-11,14,18H,4-5,9H2,1-3H3,(H,17,19). The smallest absolute Gasteiger partial charge is 0.236 e. The first-order valence-corrected chi connectivity index (χ1v) is 7.25. The molecule has 0 saturated carbocycles. The summed E-state index contributed by atoms with van der Waals surface area (Å²) in [6, 6.07) is 7.69. The van der Waals surface area contributed by atoms with E-state index in [1.807, 2.05) is 38.1 Å². The summed E-state index contributed by atoms with van der Waals surface area (Å²) in [6.45, 7) is 6.74. The Balaban J connectivity index is 2.64. The summed E-state index contributed by atoms with van der Waals surface area (Å²) in [4.78, 5) is 11.9. The van der Waals surface area contributed by atoms with Crippen molar-refractivity contribution in [1.29, 1.82) is 0 Å². The molecule has 1 rings (SSSR count). The van der Waals surface area contributed by atoms with E-state index < -0.39 is 0 Å². The molecular formula is C15H23ClN2O. The Morgan fingerprint density at radius 2 is 2.11 bits per heavy atom. The number of hydrogen-bond donors (Lipinski definition) is 2. The Kier molecular flexibility index (Phi) is 6.89. The third kappa shape index (κ3) is 5.21. The third-order valence-corrected chi connectivity index (χ3v) is 3.29. The molecular weight excluding hydrogens is 260 g/mol. The van der Waals surface area contributed by atoms with E-state index in [1.54, 1.807) is 0 Å². The quantitative estimate of drug-likeness (QED) is 0.806. The second-order valence-corrected chi connectivity index (χ2v) is 5.13. The van der Waals surface area contributed by atoms with Gasteiger partial charge in [-0.3, -0.25) is 10.1 Å². The van der Waals surface area contributed by atoms with Crippen molar-refractivity contribution in [2.45, 2.75) is 45.7 Å². The summed E-state index contributed by atoms with van der Waals surface area (Å²) < 4.78 is 0. The SMILES string of the molecule is CCCNC(=O)C(C)NC(CC)c1cccc(Cl)c1. The number of halogens is 1. The van der Waals surface area contributed by atoms with Gasteiger partial charge in [0.1, 0.15) is 0 Å².